The van der Waals surface area contributed by atoms with Gasteiger partial charge in [0.1, 0.15) is 5.82 Å². The van der Waals surface area contributed by atoms with Crippen LogP contribution in [0.2, 0.25) is 0 Å². The van der Waals surface area contributed by atoms with Crippen LogP contribution in [0, 0.1) is 0 Å². The lowest BCUT2D eigenvalue weighted by atomic mass is 9.93. The van der Waals surface area contributed by atoms with Crippen molar-refractivity contribution in [3.8, 4) is 11.1 Å². The van der Waals surface area contributed by atoms with Gasteiger partial charge in [-0.3, -0.25) is 4.79 Å². The molecule has 1 aliphatic carbocycles. The molecule has 1 aromatic carbocycles. The molecular formula is C16H18N4O. The summed E-state index contributed by atoms with van der Waals surface area (Å²) in [7, 11) is 0. The summed E-state index contributed by atoms with van der Waals surface area (Å²) in [5.74, 6) is -0.264. The van der Waals surface area contributed by atoms with Gasteiger partial charge in [0.2, 0.25) is 0 Å². The summed E-state index contributed by atoms with van der Waals surface area (Å²) >= 11 is 0. The van der Waals surface area contributed by atoms with Crippen molar-refractivity contribution in [1.29, 1.82) is 0 Å². The molecule has 1 aliphatic rings. The van der Waals surface area contributed by atoms with Crippen LogP contribution >= 0.6 is 0 Å². The van der Waals surface area contributed by atoms with Gasteiger partial charge in [-0.25, -0.2) is 4.98 Å². The quantitative estimate of drug-likeness (QED) is 0.794. The number of carbonyl (C=O) groups excluding carboxylic acids is 1. The fraction of sp³-hybridized carbons (Fsp3) is 0.250. The van der Waals surface area contributed by atoms with Crippen molar-refractivity contribution in [2.75, 3.05) is 5.73 Å². The number of fused-ring (bicyclic) bond motifs is 3. The molecule has 2 atom stereocenters. The number of nitrogens with zero attached hydrogens (tertiary/aromatic N) is 1. The van der Waals surface area contributed by atoms with Crippen molar-refractivity contribution in [3.05, 3.63) is 47.2 Å². The molecule has 108 valence electrons. The summed E-state index contributed by atoms with van der Waals surface area (Å²) in [6, 6.07) is 9.87. The Labute approximate surface area is 123 Å². The van der Waals surface area contributed by atoms with Crippen LogP contribution in [-0.4, -0.2) is 16.9 Å². The molecule has 1 aromatic heterocycles. The first kappa shape index (κ1) is 13.6. The van der Waals surface area contributed by atoms with Crippen LogP contribution in [0.4, 0.5) is 5.82 Å². The molecule has 3 rings (SSSR count). The first-order chi connectivity index (χ1) is 9.99. The Balaban J connectivity index is 2.22. The second-order valence-corrected chi connectivity index (χ2v) is 5.57. The third kappa shape index (κ3) is 2.15. The third-order valence-corrected chi connectivity index (χ3v) is 3.91. The minimum Gasteiger partial charge on any atom is -0.383 e. The highest BCUT2D eigenvalue weighted by Gasteiger charge is 2.31. The molecule has 0 saturated heterocycles. The lowest BCUT2D eigenvalue weighted by molar-refractivity contribution is 0.100. The number of nitrogen functional groups attached to an aromatic ring is 1. The van der Waals surface area contributed by atoms with Crippen LogP contribution in [-0.2, 0) is 0 Å². The lowest BCUT2D eigenvalue weighted by Gasteiger charge is -2.15. The summed E-state index contributed by atoms with van der Waals surface area (Å²) in [4.78, 5) is 15.9. The molecule has 0 fully saturated rings. The van der Waals surface area contributed by atoms with Gasteiger partial charge in [0.05, 0.1) is 11.3 Å². The average molecular weight is 282 g/mol. The van der Waals surface area contributed by atoms with Crippen molar-refractivity contribution in [1.82, 2.24) is 4.98 Å². The van der Waals surface area contributed by atoms with Crippen LogP contribution in [0.25, 0.3) is 11.1 Å². The van der Waals surface area contributed by atoms with Crippen molar-refractivity contribution < 1.29 is 4.79 Å². The van der Waals surface area contributed by atoms with Gasteiger partial charge >= 0.3 is 0 Å². The number of amides is 1. The Bertz CT molecular complexity index is 724. The maximum absolute atomic E-state index is 11.5. The van der Waals surface area contributed by atoms with E-state index in [1.54, 1.807) is 6.07 Å². The van der Waals surface area contributed by atoms with Gasteiger partial charge in [-0.1, -0.05) is 24.3 Å². The van der Waals surface area contributed by atoms with Gasteiger partial charge in [0.15, 0.2) is 0 Å². The molecule has 5 nitrogen and oxygen atoms in total. The summed E-state index contributed by atoms with van der Waals surface area (Å²) < 4.78 is 0. The van der Waals surface area contributed by atoms with E-state index in [2.05, 4.69) is 11.1 Å². The minimum absolute atomic E-state index is 0.0489. The van der Waals surface area contributed by atoms with Gasteiger partial charge in [-0.2, -0.15) is 0 Å². The molecule has 0 spiro atoms. The second-order valence-electron chi connectivity index (χ2n) is 5.57. The number of hydrogen-bond acceptors (Lipinski definition) is 4. The number of benzene rings is 1. The molecule has 21 heavy (non-hydrogen) atoms. The van der Waals surface area contributed by atoms with Crippen LogP contribution in [0.1, 0.15) is 40.9 Å². The fourth-order valence-electron chi connectivity index (χ4n) is 3.02. The normalized spacial score (nSPS) is 17.1. The van der Waals surface area contributed by atoms with E-state index in [1.807, 2.05) is 25.1 Å². The molecule has 6 N–H and O–H groups in total. The maximum Gasteiger partial charge on any atom is 0.252 e. The fourth-order valence-corrected chi connectivity index (χ4v) is 3.02. The molecule has 1 amide bonds. The van der Waals surface area contributed by atoms with Crippen LogP contribution in [0.3, 0.4) is 0 Å². The number of primary amides is 1. The third-order valence-electron chi connectivity index (χ3n) is 3.91. The van der Waals surface area contributed by atoms with Gasteiger partial charge in [-0.15, -0.1) is 0 Å². The Kier molecular flexibility index (Phi) is 3.14. The van der Waals surface area contributed by atoms with Crippen molar-refractivity contribution >= 4 is 11.7 Å². The minimum atomic E-state index is -0.559. The van der Waals surface area contributed by atoms with Gasteiger partial charge in [0.25, 0.3) is 5.91 Å². The molecule has 1 heterocycles. The Morgan fingerprint density at radius 1 is 1.33 bits per heavy atom. The summed E-state index contributed by atoms with van der Waals surface area (Å²) in [5.41, 5.74) is 21.6. The van der Waals surface area contributed by atoms with E-state index in [-0.39, 0.29) is 23.3 Å². The number of rotatable bonds is 3. The lowest BCUT2D eigenvalue weighted by Crippen LogP contribution is -2.20. The summed E-state index contributed by atoms with van der Waals surface area (Å²) in [6.45, 7) is 1.97. The molecule has 0 bridgehead atoms. The number of carbonyl (C=O) groups is 1. The Morgan fingerprint density at radius 2 is 2.05 bits per heavy atom. The molecule has 5 heteroatoms. The van der Waals surface area contributed by atoms with Gasteiger partial charge in [0, 0.05) is 17.5 Å². The number of hydrogen-bond donors (Lipinski definition) is 3. The molecular weight excluding hydrogens is 264 g/mol. The van der Waals surface area contributed by atoms with Crippen LogP contribution in [0.15, 0.2) is 30.3 Å². The summed E-state index contributed by atoms with van der Waals surface area (Å²) in [6.07, 6.45) is 0.784. The highest BCUT2D eigenvalue weighted by Crippen LogP contribution is 2.46. The van der Waals surface area contributed by atoms with E-state index >= 15 is 0 Å². The monoisotopic (exact) mass is 282 g/mol. The molecule has 0 aliphatic heterocycles. The molecule has 1 unspecified atom stereocenters. The zero-order valence-corrected chi connectivity index (χ0v) is 11.8. The van der Waals surface area contributed by atoms with Crippen LogP contribution in [0.5, 0.6) is 0 Å². The number of aromatic nitrogens is 1. The van der Waals surface area contributed by atoms with Crippen molar-refractivity contribution in [3.63, 3.8) is 0 Å². The maximum atomic E-state index is 11.5. The van der Waals surface area contributed by atoms with E-state index in [1.165, 1.54) is 5.56 Å². The van der Waals surface area contributed by atoms with Crippen molar-refractivity contribution in [2.24, 2.45) is 11.5 Å². The van der Waals surface area contributed by atoms with E-state index in [4.69, 9.17) is 17.2 Å². The zero-order chi connectivity index (χ0) is 15.1. The second kappa shape index (κ2) is 4.86. The van der Waals surface area contributed by atoms with E-state index in [9.17, 15) is 4.79 Å². The van der Waals surface area contributed by atoms with Gasteiger partial charge < -0.3 is 17.2 Å². The summed E-state index contributed by atoms with van der Waals surface area (Å²) in [5, 5.41) is 0. The molecule has 2 aromatic rings. The smallest absolute Gasteiger partial charge is 0.252 e. The van der Waals surface area contributed by atoms with Crippen molar-refractivity contribution in [2.45, 2.75) is 25.3 Å². The van der Waals surface area contributed by atoms with E-state index in [0.29, 0.717) is 0 Å². The van der Waals surface area contributed by atoms with E-state index in [0.717, 1.165) is 23.2 Å². The molecule has 0 radical (unpaired) electrons. The topological polar surface area (TPSA) is 108 Å². The zero-order valence-electron chi connectivity index (χ0n) is 11.8. The largest absolute Gasteiger partial charge is 0.383 e. The predicted octanol–water partition coefficient (Wildman–Crippen LogP) is 1.61. The SMILES string of the molecule is C[C@@H](N)CC1c2ccccc2-c2cc(C(N)=O)c(N)nc21. The number of nitrogens with two attached hydrogens (primary N) is 3. The molecule has 0 saturated carbocycles. The van der Waals surface area contributed by atoms with E-state index < -0.39 is 5.91 Å². The average Bonchev–Trinajstić information content (AvgIpc) is 2.71. The number of anilines is 1. The predicted molar refractivity (Wildman–Crippen MR) is 82.7 cm³/mol. The highest BCUT2D eigenvalue weighted by molar-refractivity contribution is 5.99. The van der Waals surface area contributed by atoms with Gasteiger partial charge in [-0.05, 0) is 30.5 Å². The first-order valence-corrected chi connectivity index (χ1v) is 6.94. The Hall–Kier alpha value is -2.40. The van der Waals surface area contributed by atoms with Crippen LogP contribution < -0.4 is 17.2 Å². The first-order valence-electron chi connectivity index (χ1n) is 6.94. The Morgan fingerprint density at radius 3 is 2.71 bits per heavy atom. The highest BCUT2D eigenvalue weighted by atomic mass is 16.1. The standard InChI is InChI=1S/C16H18N4O/c1-8(17)6-11-9-4-2-3-5-10(9)12-7-13(16(19)21)15(18)20-14(11)12/h2-5,7-8,11H,6,17H2,1H3,(H2,18,20)(H2,19,21)/t8-,11?/m1/s1. The number of pyridine rings is 1.